The third kappa shape index (κ3) is 5.54. The molecule has 0 amide bonds. The fourth-order valence-corrected chi connectivity index (χ4v) is 2.20. The van der Waals surface area contributed by atoms with Crippen LogP contribution in [0.25, 0.3) is 0 Å². The van der Waals surface area contributed by atoms with E-state index in [1.54, 1.807) is 12.1 Å². The van der Waals surface area contributed by atoms with E-state index in [0.717, 1.165) is 5.56 Å². The number of rotatable bonds is 7. The third-order valence-electron chi connectivity index (χ3n) is 2.73. The van der Waals surface area contributed by atoms with Crippen molar-refractivity contribution in [3.8, 4) is 5.75 Å². The first-order valence-electron chi connectivity index (χ1n) is 5.91. The maximum Gasteiger partial charge on any atom is 0.209 e. The normalized spacial score (nSPS) is 13.3. The van der Waals surface area contributed by atoms with E-state index in [0.29, 0.717) is 13.0 Å². The number of hydrogen-bond donors (Lipinski definition) is 2. The monoisotopic (exact) mass is 290 g/mol. The fraction of sp³-hybridized carbons (Fsp3) is 0.500. The first-order valence-corrected chi connectivity index (χ1v) is 7.62. The molecule has 0 spiro atoms. The van der Waals surface area contributed by atoms with Crippen LogP contribution in [0.5, 0.6) is 5.75 Å². The summed E-state index contributed by atoms with van der Waals surface area (Å²) in [5.74, 6) is -0.275. The van der Waals surface area contributed by atoms with Gasteiger partial charge in [0.05, 0.1) is 12.9 Å². The van der Waals surface area contributed by atoms with Gasteiger partial charge in [0, 0.05) is 6.04 Å². The first kappa shape index (κ1) is 15.9. The van der Waals surface area contributed by atoms with Crippen molar-refractivity contribution in [3.63, 3.8) is 0 Å². The molecule has 3 N–H and O–H groups in total. The molecule has 1 unspecified atom stereocenters. The smallest absolute Gasteiger partial charge is 0.209 e. The molecular weight excluding hydrogens is 271 g/mol. The number of nitrogens with two attached hydrogens (primary N) is 1. The lowest BCUT2D eigenvalue weighted by atomic mass is 10.1. The van der Waals surface area contributed by atoms with Gasteiger partial charge in [0.15, 0.2) is 11.6 Å². The van der Waals surface area contributed by atoms with Gasteiger partial charge in [-0.05, 0) is 37.6 Å². The molecule has 0 fully saturated rings. The van der Waals surface area contributed by atoms with Crippen LogP contribution in [0.3, 0.4) is 0 Å². The Morgan fingerprint density at radius 3 is 2.74 bits per heavy atom. The van der Waals surface area contributed by atoms with Gasteiger partial charge in [-0.1, -0.05) is 6.07 Å². The molecule has 1 rings (SSSR count). The highest BCUT2D eigenvalue weighted by atomic mass is 32.2. The van der Waals surface area contributed by atoms with Crippen LogP contribution in [0.15, 0.2) is 18.2 Å². The zero-order chi connectivity index (χ0) is 14.5. The Hall–Kier alpha value is -1.18. The number of nitrogens with one attached hydrogen (secondary N) is 1. The van der Waals surface area contributed by atoms with Crippen molar-refractivity contribution in [3.05, 3.63) is 29.6 Å². The number of halogens is 1. The number of ether oxygens (including phenoxy) is 1. The van der Waals surface area contributed by atoms with Crippen LogP contribution in [0.4, 0.5) is 4.39 Å². The molecule has 19 heavy (non-hydrogen) atoms. The number of primary sulfonamides is 1. The zero-order valence-corrected chi connectivity index (χ0v) is 11.8. The van der Waals surface area contributed by atoms with E-state index in [4.69, 9.17) is 9.88 Å². The van der Waals surface area contributed by atoms with Gasteiger partial charge in [-0.3, -0.25) is 0 Å². The molecule has 0 aliphatic rings. The summed E-state index contributed by atoms with van der Waals surface area (Å²) >= 11 is 0. The highest BCUT2D eigenvalue weighted by Gasteiger charge is 2.09. The number of methoxy groups -OCH3 is 1. The van der Waals surface area contributed by atoms with Crippen LogP contribution in [-0.2, 0) is 10.0 Å². The van der Waals surface area contributed by atoms with Crippen LogP contribution in [-0.4, -0.2) is 27.8 Å². The summed E-state index contributed by atoms with van der Waals surface area (Å²) in [4.78, 5) is 0. The Bertz CT molecular complexity index is 520. The average molecular weight is 290 g/mol. The van der Waals surface area contributed by atoms with Crippen LogP contribution >= 0.6 is 0 Å². The second-order valence-corrected chi connectivity index (χ2v) is 6.02. The van der Waals surface area contributed by atoms with Crippen LogP contribution in [0.1, 0.15) is 24.9 Å². The van der Waals surface area contributed by atoms with E-state index in [-0.39, 0.29) is 17.5 Å². The molecule has 5 nitrogen and oxygen atoms in total. The fourth-order valence-electron chi connectivity index (χ4n) is 1.66. The van der Waals surface area contributed by atoms with Crippen molar-refractivity contribution in [2.45, 2.75) is 19.4 Å². The highest BCUT2D eigenvalue weighted by Crippen LogP contribution is 2.22. The predicted octanol–water partition coefficient (Wildman–Crippen LogP) is 1.16. The minimum absolute atomic E-state index is 0.0324. The molecule has 0 heterocycles. The summed E-state index contributed by atoms with van der Waals surface area (Å²) in [6, 6.07) is 4.59. The largest absolute Gasteiger partial charge is 0.494 e. The lowest BCUT2D eigenvalue weighted by Crippen LogP contribution is -2.24. The molecule has 0 radical (unpaired) electrons. The van der Waals surface area contributed by atoms with Gasteiger partial charge in [-0.25, -0.2) is 17.9 Å². The first-order chi connectivity index (χ1) is 8.83. The second kappa shape index (κ2) is 6.83. The standard InChI is InChI=1S/C12H19FN2O3S/c1-9(15-6-3-7-19(14,16)17)10-4-5-11(13)12(8-10)18-2/h4-5,8-9,15H,3,6-7H2,1-2H3,(H2,14,16,17). The number of sulfonamides is 1. The molecule has 0 saturated heterocycles. The summed E-state index contributed by atoms with van der Waals surface area (Å²) < 4.78 is 39.7. The van der Waals surface area contributed by atoms with Crippen molar-refractivity contribution < 1.29 is 17.5 Å². The summed E-state index contributed by atoms with van der Waals surface area (Å²) in [5, 5.41) is 8.05. The van der Waals surface area contributed by atoms with Gasteiger partial charge >= 0.3 is 0 Å². The Labute approximate surface area is 113 Å². The second-order valence-electron chi connectivity index (χ2n) is 4.29. The molecule has 1 atom stereocenters. The quantitative estimate of drug-likeness (QED) is 0.738. The lowest BCUT2D eigenvalue weighted by molar-refractivity contribution is 0.385. The molecule has 0 aromatic heterocycles. The van der Waals surface area contributed by atoms with E-state index < -0.39 is 15.8 Å². The SMILES string of the molecule is COc1cc(C(C)NCCCS(N)(=O)=O)ccc1F. The summed E-state index contributed by atoms with van der Waals surface area (Å²) in [6.45, 7) is 2.42. The maximum absolute atomic E-state index is 13.2. The maximum atomic E-state index is 13.2. The molecule has 0 bridgehead atoms. The van der Waals surface area contributed by atoms with Gasteiger partial charge in [-0.2, -0.15) is 0 Å². The Balaban J connectivity index is 2.52. The van der Waals surface area contributed by atoms with Crippen LogP contribution < -0.4 is 15.2 Å². The van der Waals surface area contributed by atoms with Crippen molar-refractivity contribution in [2.75, 3.05) is 19.4 Å². The van der Waals surface area contributed by atoms with E-state index in [1.807, 2.05) is 6.92 Å². The third-order valence-corrected chi connectivity index (χ3v) is 3.59. The molecule has 0 aliphatic heterocycles. The average Bonchev–Trinajstić information content (AvgIpc) is 2.33. The Morgan fingerprint density at radius 2 is 2.16 bits per heavy atom. The molecule has 7 heteroatoms. The van der Waals surface area contributed by atoms with E-state index in [1.165, 1.54) is 13.2 Å². The van der Waals surface area contributed by atoms with Crippen molar-refractivity contribution in [1.29, 1.82) is 0 Å². The van der Waals surface area contributed by atoms with Crippen LogP contribution in [0.2, 0.25) is 0 Å². The van der Waals surface area contributed by atoms with Gasteiger partial charge in [0.25, 0.3) is 0 Å². The van der Waals surface area contributed by atoms with Gasteiger partial charge in [-0.15, -0.1) is 0 Å². The topological polar surface area (TPSA) is 81.4 Å². The molecular formula is C12H19FN2O3S. The van der Waals surface area contributed by atoms with E-state index >= 15 is 0 Å². The summed E-state index contributed by atoms with van der Waals surface area (Å²) in [5.41, 5.74) is 0.869. The van der Waals surface area contributed by atoms with Gasteiger partial charge in [0.1, 0.15) is 0 Å². The minimum Gasteiger partial charge on any atom is -0.494 e. The molecule has 0 aliphatic carbocycles. The highest BCUT2D eigenvalue weighted by molar-refractivity contribution is 7.89. The van der Waals surface area contributed by atoms with E-state index in [2.05, 4.69) is 5.32 Å². The summed E-state index contributed by atoms with van der Waals surface area (Å²) in [6.07, 6.45) is 0.432. The Morgan fingerprint density at radius 1 is 1.47 bits per heavy atom. The summed E-state index contributed by atoms with van der Waals surface area (Å²) in [7, 11) is -2.00. The van der Waals surface area contributed by atoms with Crippen molar-refractivity contribution in [1.82, 2.24) is 5.32 Å². The van der Waals surface area contributed by atoms with Crippen LogP contribution in [0, 0.1) is 5.82 Å². The van der Waals surface area contributed by atoms with Gasteiger partial charge < -0.3 is 10.1 Å². The predicted molar refractivity (Wildman–Crippen MR) is 72.0 cm³/mol. The zero-order valence-electron chi connectivity index (χ0n) is 11.0. The number of hydrogen-bond acceptors (Lipinski definition) is 4. The molecule has 108 valence electrons. The lowest BCUT2D eigenvalue weighted by Gasteiger charge is -2.15. The molecule has 0 saturated carbocycles. The molecule has 1 aromatic carbocycles. The van der Waals surface area contributed by atoms with E-state index in [9.17, 15) is 12.8 Å². The van der Waals surface area contributed by atoms with Gasteiger partial charge in [0.2, 0.25) is 10.0 Å². The number of benzene rings is 1. The molecule has 1 aromatic rings. The minimum atomic E-state index is -3.41. The van der Waals surface area contributed by atoms with Crippen molar-refractivity contribution >= 4 is 10.0 Å². The Kier molecular flexibility index (Phi) is 5.71. The van der Waals surface area contributed by atoms with Crippen molar-refractivity contribution in [2.24, 2.45) is 5.14 Å².